The van der Waals surface area contributed by atoms with Crippen molar-refractivity contribution < 1.29 is 8.83 Å². The van der Waals surface area contributed by atoms with E-state index in [9.17, 15) is 0 Å². The van der Waals surface area contributed by atoms with Crippen molar-refractivity contribution in [2.24, 2.45) is 0 Å². The third-order valence-corrected chi connectivity index (χ3v) is 12.3. The van der Waals surface area contributed by atoms with E-state index in [2.05, 4.69) is 164 Å². The molecule has 12 aromatic rings. The van der Waals surface area contributed by atoms with E-state index in [0.717, 1.165) is 49.6 Å². The Morgan fingerprint density at radius 3 is 1.75 bits per heavy atom. The lowest BCUT2D eigenvalue weighted by Gasteiger charge is -2.18. The van der Waals surface area contributed by atoms with Crippen LogP contribution in [0.4, 0.5) is 0 Å². The largest absolute Gasteiger partial charge is 0.464 e. The molecule has 2 nitrogen and oxygen atoms in total. The summed E-state index contributed by atoms with van der Waals surface area (Å²) in [5, 5.41) is 13.2. The smallest absolute Gasteiger partial charge is 0.147 e. The zero-order valence-electron chi connectivity index (χ0n) is 28.4. The monoisotopic (exact) mass is 692 g/mol. The molecular weight excluding hydrogens is 665 g/mol. The molecule has 0 saturated carbocycles. The van der Waals surface area contributed by atoms with E-state index in [1.807, 2.05) is 17.6 Å². The Morgan fingerprint density at radius 2 is 0.981 bits per heavy atom. The molecule has 3 heterocycles. The van der Waals surface area contributed by atoms with Gasteiger partial charge in [-0.05, 0) is 109 Å². The fourth-order valence-corrected chi connectivity index (χ4v) is 9.80. The predicted octanol–water partition coefficient (Wildman–Crippen LogP) is 15.2. The van der Waals surface area contributed by atoms with Crippen LogP contribution < -0.4 is 0 Å². The summed E-state index contributed by atoms with van der Waals surface area (Å²) in [6, 6.07) is 59.4. The lowest BCUT2D eigenvalue weighted by atomic mass is 9.85. The van der Waals surface area contributed by atoms with Crippen LogP contribution in [0.1, 0.15) is 0 Å². The number of furan rings is 2. The van der Waals surface area contributed by atoms with Crippen molar-refractivity contribution in [3.63, 3.8) is 0 Å². The summed E-state index contributed by atoms with van der Waals surface area (Å²) < 4.78 is 15.6. The second kappa shape index (κ2) is 10.9. The Kier molecular flexibility index (Phi) is 5.96. The van der Waals surface area contributed by atoms with E-state index in [0.29, 0.717) is 0 Å². The first-order valence-electron chi connectivity index (χ1n) is 18.0. The molecule has 0 radical (unpaired) electrons. The molecule has 0 aliphatic carbocycles. The maximum absolute atomic E-state index is 6.86. The van der Waals surface area contributed by atoms with Crippen molar-refractivity contribution in [2.45, 2.75) is 0 Å². The molecule has 3 heteroatoms. The number of thiophene rings is 1. The van der Waals surface area contributed by atoms with Crippen LogP contribution in [0.3, 0.4) is 0 Å². The van der Waals surface area contributed by atoms with Crippen LogP contribution in [0.5, 0.6) is 0 Å². The molecule has 53 heavy (non-hydrogen) atoms. The van der Waals surface area contributed by atoms with Gasteiger partial charge in [0.15, 0.2) is 0 Å². The molecule has 0 N–H and O–H groups in total. The van der Waals surface area contributed by atoms with Gasteiger partial charge in [-0.3, -0.25) is 0 Å². The van der Waals surface area contributed by atoms with Gasteiger partial charge < -0.3 is 8.83 Å². The average Bonchev–Trinajstić information content (AvgIpc) is 3.92. The maximum Gasteiger partial charge on any atom is 0.147 e. The Labute approximate surface area is 307 Å². The molecule has 0 aliphatic heterocycles. The first-order chi connectivity index (χ1) is 26.3. The zero-order valence-corrected chi connectivity index (χ0v) is 29.2. The first-order valence-corrected chi connectivity index (χ1v) is 18.8. The molecule has 3 aromatic heterocycles. The van der Waals surface area contributed by atoms with Gasteiger partial charge in [0.2, 0.25) is 0 Å². The van der Waals surface area contributed by atoms with Crippen molar-refractivity contribution in [1.82, 2.24) is 0 Å². The van der Waals surface area contributed by atoms with Crippen LogP contribution in [0, 0.1) is 0 Å². The van der Waals surface area contributed by atoms with Gasteiger partial charge in [-0.25, -0.2) is 0 Å². The van der Waals surface area contributed by atoms with Crippen molar-refractivity contribution in [3.8, 4) is 33.4 Å². The van der Waals surface area contributed by atoms with Crippen LogP contribution in [0.15, 0.2) is 179 Å². The number of benzene rings is 9. The summed E-state index contributed by atoms with van der Waals surface area (Å²) in [6.07, 6.45) is 1.87. The van der Waals surface area contributed by atoms with Crippen LogP contribution >= 0.6 is 11.3 Å². The van der Waals surface area contributed by atoms with Gasteiger partial charge in [0, 0.05) is 36.5 Å². The molecule has 0 unspecified atom stereocenters. The van der Waals surface area contributed by atoms with Crippen LogP contribution in [-0.2, 0) is 0 Å². The Morgan fingerprint density at radius 1 is 0.377 bits per heavy atom. The first kappa shape index (κ1) is 29.0. The Hall–Kier alpha value is -6.68. The SMILES string of the molecule is c1ccc2cc(-c3coc4ccc5c6ccc(-c7c8ccccc8c(-c8ccc9sc%10ccccc%10c9c8)c8ccccc78)cc6oc5c34)ccc2c1. The van der Waals surface area contributed by atoms with Gasteiger partial charge >= 0.3 is 0 Å². The molecule has 9 aromatic carbocycles. The fraction of sp³-hybridized carbons (Fsp3) is 0. The minimum atomic E-state index is 0.821. The summed E-state index contributed by atoms with van der Waals surface area (Å²) >= 11 is 1.86. The molecule has 0 bridgehead atoms. The fourth-order valence-electron chi connectivity index (χ4n) is 8.71. The molecule has 0 spiro atoms. The summed E-state index contributed by atoms with van der Waals surface area (Å²) in [5.41, 5.74) is 9.54. The van der Waals surface area contributed by atoms with E-state index in [4.69, 9.17) is 8.83 Å². The summed E-state index contributed by atoms with van der Waals surface area (Å²) in [5.74, 6) is 0. The highest BCUT2D eigenvalue weighted by molar-refractivity contribution is 7.25. The standard InChI is InChI=1S/C50H28O2S/c1-2-10-30-25-31(18-17-29(30)9-1)42-28-51-43-23-22-40-34-21-19-33(27-44(34)52-50(40)49(42)43)48-38-14-5-3-12-36(38)47(37-13-4-6-15-39(37)48)32-20-24-46-41(26-32)35-11-7-8-16-45(35)53-46/h1-28H. The third kappa shape index (κ3) is 4.20. The third-order valence-electron chi connectivity index (χ3n) is 11.1. The van der Waals surface area contributed by atoms with Crippen LogP contribution in [0.25, 0.3) is 119 Å². The Balaban J connectivity index is 1.08. The van der Waals surface area contributed by atoms with Crippen molar-refractivity contribution >= 4 is 96.7 Å². The summed E-state index contributed by atoms with van der Waals surface area (Å²) in [6.45, 7) is 0. The minimum absolute atomic E-state index is 0.821. The maximum atomic E-state index is 6.86. The van der Waals surface area contributed by atoms with Crippen molar-refractivity contribution in [3.05, 3.63) is 170 Å². The zero-order chi connectivity index (χ0) is 34.6. The highest BCUT2D eigenvalue weighted by atomic mass is 32.1. The van der Waals surface area contributed by atoms with Gasteiger partial charge in [0.05, 0.1) is 11.6 Å². The second-order valence-corrected chi connectivity index (χ2v) is 15.1. The molecule has 0 saturated heterocycles. The molecule has 12 rings (SSSR count). The van der Waals surface area contributed by atoms with E-state index in [1.54, 1.807) is 0 Å². The van der Waals surface area contributed by atoms with Gasteiger partial charge in [-0.15, -0.1) is 11.3 Å². The van der Waals surface area contributed by atoms with Crippen molar-refractivity contribution in [1.29, 1.82) is 0 Å². The van der Waals surface area contributed by atoms with Gasteiger partial charge in [-0.2, -0.15) is 0 Å². The highest BCUT2D eigenvalue weighted by Crippen LogP contribution is 2.47. The quantitative estimate of drug-likeness (QED) is 0.172. The minimum Gasteiger partial charge on any atom is -0.464 e. The topological polar surface area (TPSA) is 26.3 Å². The number of rotatable bonds is 3. The van der Waals surface area contributed by atoms with E-state index >= 15 is 0 Å². The number of hydrogen-bond acceptors (Lipinski definition) is 3. The second-order valence-electron chi connectivity index (χ2n) is 14.0. The van der Waals surface area contributed by atoms with E-state index < -0.39 is 0 Å². The lowest BCUT2D eigenvalue weighted by molar-refractivity contribution is 0.616. The average molecular weight is 693 g/mol. The molecule has 0 amide bonds. The van der Waals surface area contributed by atoms with Crippen molar-refractivity contribution in [2.75, 3.05) is 0 Å². The van der Waals surface area contributed by atoms with E-state index in [-0.39, 0.29) is 0 Å². The van der Waals surface area contributed by atoms with Gasteiger partial charge in [0.1, 0.15) is 16.7 Å². The highest BCUT2D eigenvalue weighted by Gasteiger charge is 2.21. The van der Waals surface area contributed by atoms with Crippen LogP contribution in [-0.4, -0.2) is 0 Å². The molecule has 246 valence electrons. The van der Waals surface area contributed by atoms with E-state index in [1.165, 1.54) is 69.2 Å². The predicted molar refractivity (Wildman–Crippen MR) is 225 cm³/mol. The lowest BCUT2D eigenvalue weighted by Crippen LogP contribution is -1.90. The molecule has 0 fully saturated rings. The normalized spacial score (nSPS) is 12.2. The Bertz CT molecular complexity index is 3410. The summed E-state index contributed by atoms with van der Waals surface area (Å²) in [7, 11) is 0. The molecule has 0 aliphatic rings. The summed E-state index contributed by atoms with van der Waals surface area (Å²) in [4.78, 5) is 0. The number of fused-ring (bicyclic) bond motifs is 11. The molecular formula is C50H28O2S. The van der Waals surface area contributed by atoms with Gasteiger partial charge in [0.25, 0.3) is 0 Å². The van der Waals surface area contributed by atoms with Gasteiger partial charge in [-0.1, -0.05) is 115 Å². The number of hydrogen-bond donors (Lipinski definition) is 0. The molecule has 0 atom stereocenters. The van der Waals surface area contributed by atoms with Crippen LogP contribution in [0.2, 0.25) is 0 Å².